The van der Waals surface area contributed by atoms with Crippen LogP contribution < -0.4 is 4.90 Å². The number of halogens is 1. The van der Waals surface area contributed by atoms with E-state index in [1.165, 1.54) is 12.1 Å². The van der Waals surface area contributed by atoms with Crippen molar-refractivity contribution in [3.63, 3.8) is 0 Å². The second-order valence-corrected chi connectivity index (χ2v) is 8.73. The van der Waals surface area contributed by atoms with Crippen LogP contribution in [0.4, 0.5) is 5.82 Å². The first-order valence-electron chi connectivity index (χ1n) is 11.1. The molecule has 0 aliphatic carbocycles. The molecule has 10 heteroatoms. The largest absolute Gasteiger partial charge is 0.479 e. The highest BCUT2D eigenvalue weighted by Gasteiger charge is 2.24. The zero-order chi connectivity index (χ0) is 24.5. The summed E-state index contributed by atoms with van der Waals surface area (Å²) >= 11 is 6.05. The normalized spacial score (nSPS) is 14.8. The van der Waals surface area contributed by atoms with Crippen molar-refractivity contribution in [2.24, 2.45) is 0 Å². The summed E-state index contributed by atoms with van der Waals surface area (Å²) in [4.78, 5) is 40.2. The average molecular weight is 492 g/mol. The summed E-state index contributed by atoms with van der Waals surface area (Å²) in [6, 6.07) is 15.5. The first kappa shape index (κ1) is 22.8. The van der Waals surface area contributed by atoms with Gasteiger partial charge in [-0.3, -0.25) is 4.79 Å². The molecule has 0 saturated carbocycles. The van der Waals surface area contributed by atoms with Crippen LogP contribution in [0.3, 0.4) is 0 Å². The number of aliphatic carboxylic acids is 1. The van der Waals surface area contributed by atoms with E-state index in [0.717, 1.165) is 22.4 Å². The number of aliphatic hydroxyl groups is 1. The molecule has 3 N–H and O–H groups in total. The standard InChI is InChI=1S/C25H22ClN5O4/c26-18-5-6-19-20(13-18)29-23(28-19)17-4-7-21(27-14-17)30-8-10-31(11-9-30)24(33)16-3-1-2-15(12-16)22(32)25(34)35/h1-7,12-14,22,32H,8-11H2,(H,28,29)(H,34,35). The fourth-order valence-corrected chi connectivity index (χ4v) is 4.31. The zero-order valence-electron chi connectivity index (χ0n) is 18.6. The molecule has 35 heavy (non-hydrogen) atoms. The van der Waals surface area contributed by atoms with Crippen LogP contribution in [-0.4, -0.2) is 68.1 Å². The number of imidazole rings is 1. The molecule has 2 aromatic carbocycles. The number of fused-ring (bicyclic) bond motifs is 1. The van der Waals surface area contributed by atoms with E-state index >= 15 is 0 Å². The van der Waals surface area contributed by atoms with E-state index in [4.69, 9.17) is 16.7 Å². The van der Waals surface area contributed by atoms with Crippen LogP contribution >= 0.6 is 11.6 Å². The third-order valence-electron chi connectivity index (χ3n) is 6.04. The number of aromatic amines is 1. The lowest BCUT2D eigenvalue weighted by Crippen LogP contribution is -2.49. The molecule has 1 atom stereocenters. The maximum absolute atomic E-state index is 12.9. The quantitative estimate of drug-likeness (QED) is 0.391. The van der Waals surface area contributed by atoms with Gasteiger partial charge in [0.25, 0.3) is 5.91 Å². The van der Waals surface area contributed by atoms with Crippen molar-refractivity contribution in [1.82, 2.24) is 19.9 Å². The van der Waals surface area contributed by atoms with Gasteiger partial charge in [0, 0.05) is 48.5 Å². The van der Waals surface area contributed by atoms with E-state index in [-0.39, 0.29) is 11.5 Å². The number of carbonyl (C=O) groups is 2. The van der Waals surface area contributed by atoms with Crippen molar-refractivity contribution in [3.8, 4) is 11.4 Å². The fourth-order valence-electron chi connectivity index (χ4n) is 4.14. The number of carbonyl (C=O) groups excluding carboxylic acids is 1. The second kappa shape index (κ2) is 9.36. The summed E-state index contributed by atoms with van der Waals surface area (Å²) in [7, 11) is 0. The SMILES string of the molecule is O=C(O)C(O)c1cccc(C(=O)N2CCN(c3ccc(-c4nc5ccc(Cl)cc5[nH]4)cn3)CC2)c1. The number of carboxylic acids is 1. The van der Waals surface area contributed by atoms with E-state index in [2.05, 4.69) is 19.9 Å². The molecule has 3 heterocycles. The number of pyridine rings is 1. The molecule has 0 bridgehead atoms. The third-order valence-corrected chi connectivity index (χ3v) is 6.27. The van der Waals surface area contributed by atoms with Crippen molar-refractivity contribution in [2.75, 3.05) is 31.1 Å². The Morgan fingerprint density at radius 2 is 1.83 bits per heavy atom. The molecular weight excluding hydrogens is 470 g/mol. The van der Waals surface area contributed by atoms with E-state index < -0.39 is 12.1 Å². The van der Waals surface area contributed by atoms with Gasteiger partial charge < -0.3 is 25.0 Å². The van der Waals surface area contributed by atoms with E-state index in [9.17, 15) is 14.7 Å². The minimum absolute atomic E-state index is 0.179. The summed E-state index contributed by atoms with van der Waals surface area (Å²) in [5, 5.41) is 19.4. The first-order valence-corrected chi connectivity index (χ1v) is 11.4. The lowest BCUT2D eigenvalue weighted by atomic mass is 10.0. The zero-order valence-corrected chi connectivity index (χ0v) is 19.3. The van der Waals surface area contributed by atoms with Gasteiger partial charge in [-0.15, -0.1) is 0 Å². The number of hydrogen-bond donors (Lipinski definition) is 3. The smallest absolute Gasteiger partial charge is 0.337 e. The second-order valence-electron chi connectivity index (χ2n) is 8.30. The molecule has 9 nitrogen and oxygen atoms in total. The third kappa shape index (κ3) is 4.68. The van der Waals surface area contributed by atoms with Gasteiger partial charge in [-0.25, -0.2) is 14.8 Å². The molecule has 1 unspecified atom stereocenters. The maximum atomic E-state index is 12.9. The van der Waals surface area contributed by atoms with Crippen LogP contribution in [0.25, 0.3) is 22.4 Å². The van der Waals surface area contributed by atoms with Crippen LogP contribution in [0.15, 0.2) is 60.8 Å². The van der Waals surface area contributed by atoms with Gasteiger partial charge in [-0.1, -0.05) is 23.7 Å². The van der Waals surface area contributed by atoms with E-state index in [1.807, 2.05) is 24.3 Å². The van der Waals surface area contributed by atoms with Gasteiger partial charge in [0.15, 0.2) is 6.10 Å². The van der Waals surface area contributed by atoms with E-state index in [0.29, 0.717) is 42.6 Å². The molecule has 1 amide bonds. The lowest BCUT2D eigenvalue weighted by molar-refractivity contribution is -0.146. The highest BCUT2D eigenvalue weighted by atomic mass is 35.5. The predicted octanol–water partition coefficient (Wildman–Crippen LogP) is 3.36. The number of H-pyrrole nitrogens is 1. The van der Waals surface area contributed by atoms with Crippen LogP contribution in [0.2, 0.25) is 5.02 Å². The molecule has 1 fully saturated rings. The van der Waals surface area contributed by atoms with E-state index in [1.54, 1.807) is 29.3 Å². The predicted molar refractivity (Wildman–Crippen MR) is 131 cm³/mol. The average Bonchev–Trinajstić information content (AvgIpc) is 3.31. The number of hydrogen-bond acceptors (Lipinski definition) is 6. The molecule has 1 saturated heterocycles. The monoisotopic (exact) mass is 491 g/mol. The van der Waals surface area contributed by atoms with Gasteiger partial charge in [0.05, 0.1) is 11.0 Å². The number of anilines is 1. The Balaban J connectivity index is 1.23. The van der Waals surface area contributed by atoms with Gasteiger partial charge in [0.1, 0.15) is 11.6 Å². The number of rotatable bonds is 5. The number of benzene rings is 2. The molecule has 1 aliphatic rings. The maximum Gasteiger partial charge on any atom is 0.337 e. The minimum Gasteiger partial charge on any atom is -0.479 e. The van der Waals surface area contributed by atoms with Crippen molar-refractivity contribution in [2.45, 2.75) is 6.10 Å². The molecule has 2 aromatic heterocycles. The molecule has 4 aromatic rings. The Kier molecular flexibility index (Phi) is 6.10. The van der Waals surface area contributed by atoms with Crippen molar-refractivity contribution >= 4 is 40.3 Å². The highest BCUT2D eigenvalue weighted by molar-refractivity contribution is 6.31. The summed E-state index contributed by atoms with van der Waals surface area (Å²) in [5.41, 5.74) is 3.08. The van der Waals surface area contributed by atoms with Gasteiger partial charge >= 0.3 is 5.97 Å². The highest BCUT2D eigenvalue weighted by Crippen LogP contribution is 2.24. The number of piperazine rings is 1. The van der Waals surface area contributed by atoms with Crippen molar-refractivity contribution < 1.29 is 19.8 Å². The topological polar surface area (TPSA) is 123 Å². The van der Waals surface area contributed by atoms with Gasteiger partial charge in [-0.05, 0) is 48.0 Å². The fraction of sp³-hybridized carbons (Fsp3) is 0.200. The Morgan fingerprint density at radius 3 is 2.54 bits per heavy atom. The first-order chi connectivity index (χ1) is 16.9. The minimum atomic E-state index is -1.66. The van der Waals surface area contributed by atoms with Crippen molar-refractivity contribution in [3.05, 3.63) is 76.9 Å². The summed E-state index contributed by atoms with van der Waals surface area (Å²) in [6.45, 7) is 2.22. The van der Waals surface area contributed by atoms with Crippen molar-refractivity contribution in [1.29, 1.82) is 0 Å². The number of nitrogens with one attached hydrogen (secondary N) is 1. The molecule has 0 radical (unpaired) electrons. The molecule has 0 spiro atoms. The Labute approximate surface area is 205 Å². The van der Waals surface area contributed by atoms with Gasteiger partial charge in [-0.2, -0.15) is 0 Å². The number of nitrogens with zero attached hydrogens (tertiary/aromatic N) is 4. The molecule has 5 rings (SSSR count). The van der Waals surface area contributed by atoms with Crippen LogP contribution in [0, 0.1) is 0 Å². The van der Waals surface area contributed by atoms with Crippen LogP contribution in [-0.2, 0) is 4.79 Å². The number of aliphatic hydroxyl groups excluding tert-OH is 1. The summed E-state index contributed by atoms with van der Waals surface area (Å²) in [6.07, 6.45) is 0.108. The Hall–Kier alpha value is -3.95. The Bertz CT molecular complexity index is 1400. The molecule has 1 aliphatic heterocycles. The number of carboxylic acid groups (broad SMARTS) is 1. The molecule has 178 valence electrons. The number of amides is 1. The van der Waals surface area contributed by atoms with Gasteiger partial charge in [0.2, 0.25) is 0 Å². The van der Waals surface area contributed by atoms with Crippen LogP contribution in [0.5, 0.6) is 0 Å². The Morgan fingerprint density at radius 1 is 1.03 bits per heavy atom. The lowest BCUT2D eigenvalue weighted by Gasteiger charge is -2.35. The molecular formula is C25H22ClN5O4. The van der Waals surface area contributed by atoms with Crippen LogP contribution in [0.1, 0.15) is 22.0 Å². The summed E-state index contributed by atoms with van der Waals surface area (Å²) in [5.74, 6) is -0.0256. The summed E-state index contributed by atoms with van der Waals surface area (Å²) < 4.78 is 0. The number of aromatic nitrogens is 3.